The lowest BCUT2D eigenvalue weighted by Gasteiger charge is -2.60. The van der Waals surface area contributed by atoms with E-state index in [9.17, 15) is 19.2 Å². The van der Waals surface area contributed by atoms with E-state index >= 15 is 0 Å². The van der Waals surface area contributed by atoms with Gasteiger partial charge in [-0.2, -0.15) is 0 Å². The summed E-state index contributed by atoms with van der Waals surface area (Å²) in [7, 11) is 0. The minimum atomic E-state index is -1.02. The van der Waals surface area contributed by atoms with E-state index in [2.05, 4.69) is 13.8 Å². The Balaban J connectivity index is 1.70. The third kappa shape index (κ3) is 3.66. The molecule has 4 rings (SSSR count). The Hall–Kier alpha value is -1.98. The molecule has 4 aliphatic rings. The molecule has 31 heavy (non-hydrogen) atoms. The van der Waals surface area contributed by atoms with Gasteiger partial charge in [0.15, 0.2) is 5.78 Å². The molecule has 0 aromatic rings. The number of carbonyl (C=O) groups excluding carboxylic acids is 3. The Morgan fingerprint density at radius 1 is 1.13 bits per heavy atom. The van der Waals surface area contributed by atoms with Crippen molar-refractivity contribution in [3.05, 3.63) is 11.6 Å². The summed E-state index contributed by atoms with van der Waals surface area (Å²) in [6.07, 6.45) is 6.75. The molecule has 7 atom stereocenters. The summed E-state index contributed by atoms with van der Waals surface area (Å²) in [5.41, 5.74) is 0.790. The fourth-order valence-corrected chi connectivity index (χ4v) is 7.87. The molecule has 0 bridgehead atoms. The van der Waals surface area contributed by atoms with Crippen LogP contribution in [0.5, 0.6) is 0 Å². The Labute approximate surface area is 183 Å². The van der Waals surface area contributed by atoms with Gasteiger partial charge in [0.05, 0.1) is 12.8 Å². The van der Waals surface area contributed by atoms with Crippen molar-refractivity contribution in [2.45, 2.75) is 84.7 Å². The molecule has 4 aliphatic carbocycles. The number of fused-ring (bicyclic) bond motifs is 5. The van der Waals surface area contributed by atoms with Gasteiger partial charge in [-0.05, 0) is 74.2 Å². The highest BCUT2D eigenvalue weighted by Crippen LogP contribution is 2.67. The highest BCUT2D eigenvalue weighted by Gasteiger charge is 2.63. The fraction of sp³-hybridized carbons (Fsp3) is 0.760. The van der Waals surface area contributed by atoms with Crippen LogP contribution in [-0.4, -0.2) is 34.7 Å². The van der Waals surface area contributed by atoms with Crippen molar-refractivity contribution in [2.24, 2.45) is 34.5 Å². The van der Waals surface area contributed by atoms with Gasteiger partial charge in [0.25, 0.3) is 0 Å². The number of ketones is 2. The molecule has 0 saturated heterocycles. The van der Waals surface area contributed by atoms with Crippen LogP contribution in [0.3, 0.4) is 0 Å². The molecule has 0 aromatic heterocycles. The number of hydrogen-bond donors (Lipinski definition) is 1. The second-order valence-corrected chi connectivity index (χ2v) is 10.8. The average molecular weight is 431 g/mol. The summed E-state index contributed by atoms with van der Waals surface area (Å²) in [6.45, 7) is 6.09. The monoisotopic (exact) mass is 430 g/mol. The first-order valence-electron chi connectivity index (χ1n) is 11.7. The zero-order valence-corrected chi connectivity index (χ0v) is 18.8. The molecule has 170 valence electrons. The lowest BCUT2D eigenvalue weighted by atomic mass is 9.46. The van der Waals surface area contributed by atoms with E-state index in [0.29, 0.717) is 24.7 Å². The SMILES string of the molecule is CC(=O)[C@@H]1CC[C@@H]2[C@@H]3CCC4=CC(=O)CC[C@]4(C)[C@H]3[C@H](OC(=O)CCC(=O)O)C[C@@]21C. The number of allylic oxidation sites excluding steroid dienone is 1. The van der Waals surface area contributed by atoms with E-state index in [4.69, 9.17) is 9.84 Å². The number of Topliss-reactive ketones (excluding diaryl/α,β-unsaturated/α-hetero) is 1. The third-order valence-electron chi connectivity index (χ3n) is 9.19. The molecule has 3 saturated carbocycles. The highest BCUT2D eigenvalue weighted by molar-refractivity contribution is 5.91. The number of carboxylic acid groups (broad SMARTS) is 1. The Kier molecular flexibility index (Phi) is 5.63. The second kappa shape index (κ2) is 7.86. The van der Waals surface area contributed by atoms with E-state index in [1.165, 1.54) is 5.57 Å². The first kappa shape index (κ1) is 22.2. The van der Waals surface area contributed by atoms with E-state index in [1.54, 1.807) is 6.92 Å². The number of aliphatic carboxylic acids is 1. The molecule has 1 N–H and O–H groups in total. The lowest BCUT2D eigenvalue weighted by molar-refractivity contribution is -0.178. The Bertz CT molecular complexity index is 843. The number of ether oxygens (including phenoxy) is 1. The summed E-state index contributed by atoms with van der Waals surface area (Å²) >= 11 is 0. The van der Waals surface area contributed by atoms with Gasteiger partial charge >= 0.3 is 11.9 Å². The predicted octanol–water partition coefficient (Wildman–Crippen LogP) is 4.11. The molecular formula is C25H34O6. The van der Waals surface area contributed by atoms with Gasteiger partial charge < -0.3 is 9.84 Å². The number of carboxylic acids is 1. The number of carbonyl (C=O) groups is 4. The van der Waals surface area contributed by atoms with Crippen molar-refractivity contribution in [3.63, 3.8) is 0 Å². The normalized spacial score (nSPS) is 41.5. The maximum absolute atomic E-state index is 12.6. The van der Waals surface area contributed by atoms with Crippen LogP contribution in [0.2, 0.25) is 0 Å². The first-order chi connectivity index (χ1) is 14.6. The van der Waals surface area contributed by atoms with Crippen molar-refractivity contribution in [1.82, 2.24) is 0 Å². The topological polar surface area (TPSA) is 97.7 Å². The largest absolute Gasteiger partial charge is 0.481 e. The molecule has 6 nitrogen and oxygen atoms in total. The third-order valence-corrected chi connectivity index (χ3v) is 9.19. The summed E-state index contributed by atoms with van der Waals surface area (Å²) in [5, 5.41) is 8.95. The van der Waals surface area contributed by atoms with Crippen molar-refractivity contribution < 1.29 is 29.0 Å². The standard InChI is InChI=1S/C25H34O6/c1-14(26)18-6-7-19-17-5-4-15-12-16(27)10-11-24(15,2)23(17)20(13-25(18,19)3)31-22(30)9-8-21(28)29/h12,17-20,23H,4-11,13H2,1-3H3,(H,28,29)/t17-,18-,19+,20+,23+,24-,25+/m0/s1. The maximum Gasteiger partial charge on any atom is 0.306 e. The minimum absolute atomic E-state index is 0.0173. The highest BCUT2D eigenvalue weighted by atomic mass is 16.5. The molecule has 0 aliphatic heterocycles. The molecule has 6 heteroatoms. The molecule has 0 heterocycles. The van der Waals surface area contributed by atoms with Gasteiger partial charge in [-0.1, -0.05) is 19.4 Å². The Morgan fingerprint density at radius 2 is 1.87 bits per heavy atom. The van der Waals surface area contributed by atoms with E-state index in [1.807, 2.05) is 6.08 Å². The zero-order chi connectivity index (χ0) is 22.6. The smallest absolute Gasteiger partial charge is 0.306 e. The quantitative estimate of drug-likeness (QED) is 0.659. The van der Waals surface area contributed by atoms with Crippen molar-refractivity contribution >= 4 is 23.5 Å². The van der Waals surface area contributed by atoms with Crippen LogP contribution in [0.4, 0.5) is 0 Å². The van der Waals surface area contributed by atoms with Crippen molar-refractivity contribution in [3.8, 4) is 0 Å². The lowest BCUT2D eigenvalue weighted by Crippen LogP contribution is -2.58. The van der Waals surface area contributed by atoms with Gasteiger partial charge in [0.2, 0.25) is 0 Å². The van der Waals surface area contributed by atoms with Gasteiger partial charge in [-0.15, -0.1) is 0 Å². The predicted molar refractivity (Wildman–Crippen MR) is 113 cm³/mol. The molecule has 0 radical (unpaired) electrons. The molecule has 0 amide bonds. The van der Waals surface area contributed by atoms with E-state index in [-0.39, 0.29) is 53.2 Å². The Morgan fingerprint density at radius 3 is 2.55 bits per heavy atom. The summed E-state index contributed by atoms with van der Waals surface area (Å²) < 4.78 is 6.03. The van der Waals surface area contributed by atoms with Crippen molar-refractivity contribution in [2.75, 3.05) is 0 Å². The molecule has 0 spiro atoms. The molecule has 0 aromatic carbocycles. The summed E-state index contributed by atoms with van der Waals surface area (Å²) in [4.78, 5) is 48.1. The van der Waals surface area contributed by atoms with Gasteiger partial charge in [-0.3, -0.25) is 19.2 Å². The molecular weight excluding hydrogens is 396 g/mol. The van der Waals surface area contributed by atoms with Gasteiger partial charge in [-0.25, -0.2) is 0 Å². The first-order valence-corrected chi connectivity index (χ1v) is 11.7. The molecule has 0 unspecified atom stereocenters. The number of esters is 1. The number of hydrogen-bond acceptors (Lipinski definition) is 5. The number of rotatable bonds is 5. The zero-order valence-electron chi connectivity index (χ0n) is 18.8. The van der Waals surface area contributed by atoms with Crippen LogP contribution in [0.15, 0.2) is 11.6 Å². The second-order valence-electron chi connectivity index (χ2n) is 10.8. The average Bonchev–Trinajstić information content (AvgIpc) is 3.03. The van der Waals surface area contributed by atoms with Crippen LogP contribution in [-0.2, 0) is 23.9 Å². The fourth-order valence-electron chi connectivity index (χ4n) is 7.87. The summed E-state index contributed by atoms with van der Waals surface area (Å²) in [6, 6.07) is 0. The van der Waals surface area contributed by atoms with Crippen LogP contribution >= 0.6 is 0 Å². The van der Waals surface area contributed by atoms with Crippen LogP contribution < -0.4 is 0 Å². The van der Waals surface area contributed by atoms with E-state index in [0.717, 1.165) is 32.1 Å². The van der Waals surface area contributed by atoms with Crippen LogP contribution in [0.1, 0.15) is 78.6 Å². The van der Waals surface area contributed by atoms with E-state index < -0.39 is 11.9 Å². The van der Waals surface area contributed by atoms with Crippen molar-refractivity contribution in [1.29, 1.82) is 0 Å². The van der Waals surface area contributed by atoms with Gasteiger partial charge in [0.1, 0.15) is 11.9 Å². The molecule has 3 fully saturated rings. The van der Waals surface area contributed by atoms with Crippen LogP contribution in [0.25, 0.3) is 0 Å². The summed E-state index contributed by atoms with van der Waals surface area (Å²) in [5.74, 6) is -0.248. The van der Waals surface area contributed by atoms with Gasteiger partial charge in [0, 0.05) is 18.3 Å². The maximum atomic E-state index is 12.6. The van der Waals surface area contributed by atoms with Crippen LogP contribution in [0, 0.1) is 34.5 Å². The minimum Gasteiger partial charge on any atom is -0.481 e.